The molecule has 0 aliphatic carbocycles. The van der Waals surface area contributed by atoms with Crippen LogP contribution in [0.3, 0.4) is 0 Å². The second-order valence-corrected chi connectivity index (χ2v) is 1.70. The first-order chi connectivity index (χ1) is 4.52. The lowest BCUT2D eigenvalue weighted by Gasteiger charge is -2.07. The standard InChI is InChI=1S/C5H9F3N2/c1-9-3-4(10-2)5(6,7)8/h9H,3H2,1-2H3. The molecule has 0 aliphatic rings. The van der Waals surface area contributed by atoms with E-state index in [0.717, 1.165) is 7.05 Å². The van der Waals surface area contributed by atoms with Crippen LogP contribution >= 0.6 is 0 Å². The fourth-order valence-electron chi connectivity index (χ4n) is 0.473. The fourth-order valence-corrected chi connectivity index (χ4v) is 0.473. The highest BCUT2D eigenvalue weighted by Crippen LogP contribution is 2.16. The van der Waals surface area contributed by atoms with Crippen molar-refractivity contribution in [2.75, 3.05) is 20.6 Å². The first kappa shape index (κ1) is 9.42. The van der Waals surface area contributed by atoms with Crippen LogP contribution in [-0.2, 0) is 0 Å². The van der Waals surface area contributed by atoms with Crippen molar-refractivity contribution in [2.24, 2.45) is 4.99 Å². The third kappa shape index (κ3) is 2.82. The molecule has 60 valence electrons. The smallest absolute Gasteiger partial charge is 0.314 e. The van der Waals surface area contributed by atoms with Gasteiger partial charge in [-0.1, -0.05) is 0 Å². The van der Waals surface area contributed by atoms with E-state index in [1.165, 1.54) is 7.05 Å². The van der Waals surface area contributed by atoms with Gasteiger partial charge in [0.1, 0.15) is 5.71 Å². The highest BCUT2D eigenvalue weighted by atomic mass is 19.4. The molecule has 0 saturated heterocycles. The van der Waals surface area contributed by atoms with E-state index in [1.54, 1.807) is 0 Å². The number of alkyl halides is 3. The molecule has 0 heterocycles. The zero-order chi connectivity index (χ0) is 8.20. The lowest BCUT2D eigenvalue weighted by molar-refractivity contribution is -0.0600. The Bertz CT molecular complexity index is 127. The minimum absolute atomic E-state index is 0.236. The molecule has 0 spiro atoms. The first-order valence-electron chi connectivity index (χ1n) is 2.69. The minimum atomic E-state index is -4.29. The van der Waals surface area contributed by atoms with Crippen molar-refractivity contribution in [3.63, 3.8) is 0 Å². The lowest BCUT2D eigenvalue weighted by atomic mass is 10.3. The molecule has 0 amide bonds. The second-order valence-electron chi connectivity index (χ2n) is 1.70. The van der Waals surface area contributed by atoms with Gasteiger partial charge in [-0.2, -0.15) is 13.2 Å². The Morgan fingerprint density at radius 3 is 2.10 bits per heavy atom. The number of nitrogens with zero attached hydrogens (tertiary/aromatic N) is 1. The fraction of sp³-hybridized carbons (Fsp3) is 0.800. The summed E-state index contributed by atoms with van der Waals surface area (Å²) in [6.07, 6.45) is -4.29. The van der Waals surface area contributed by atoms with Gasteiger partial charge in [0.25, 0.3) is 0 Å². The maximum atomic E-state index is 11.7. The van der Waals surface area contributed by atoms with Crippen molar-refractivity contribution in [1.82, 2.24) is 5.32 Å². The molecule has 0 bridgehead atoms. The van der Waals surface area contributed by atoms with Crippen LogP contribution in [0.15, 0.2) is 4.99 Å². The van der Waals surface area contributed by atoms with Gasteiger partial charge < -0.3 is 5.32 Å². The van der Waals surface area contributed by atoms with Gasteiger partial charge >= 0.3 is 6.18 Å². The molecule has 10 heavy (non-hydrogen) atoms. The lowest BCUT2D eigenvalue weighted by Crippen LogP contribution is -2.32. The monoisotopic (exact) mass is 154 g/mol. The predicted molar refractivity (Wildman–Crippen MR) is 33.3 cm³/mol. The summed E-state index contributed by atoms with van der Waals surface area (Å²) in [6, 6.07) is 0. The summed E-state index contributed by atoms with van der Waals surface area (Å²) in [5, 5.41) is 2.37. The third-order valence-corrected chi connectivity index (χ3v) is 0.941. The van der Waals surface area contributed by atoms with E-state index in [0.29, 0.717) is 0 Å². The van der Waals surface area contributed by atoms with E-state index in [-0.39, 0.29) is 6.54 Å². The molecule has 0 aromatic rings. The summed E-state index contributed by atoms with van der Waals surface area (Å²) in [5.41, 5.74) is -0.782. The van der Waals surface area contributed by atoms with Crippen molar-refractivity contribution in [1.29, 1.82) is 0 Å². The summed E-state index contributed by atoms with van der Waals surface area (Å²) >= 11 is 0. The van der Waals surface area contributed by atoms with Crippen LogP contribution in [-0.4, -0.2) is 32.5 Å². The molecule has 0 unspecified atom stereocenters. The molecule has 0 aromatic heterocycles. The molecule has 0 rings (SSSR count). The molecular weight excluding hydrogens is 145 g/mol. The van der Waals surface area contributed by atoms with Crippen LogP contribution in [0, 0.1) is 0 Å². The Morgan fingerprint density at radius 1 is 1.50 bits per heavy atom. The molecule has 0 atom stereocenters. The Morgan fingerprint density at radius 2 is 2.00 bits per heavy atom. The average Bonchev–Trinajstić information content (AvgIpc) is 1.80. The number of hydrogen-bond acceptors (Lipinski definition) is 2. The number of halogens is 3. The molecule has 5 heteroatoms. The maximum Gasteiger partial charge on any atom is 0.430 e. The Kier molecular flexibility index (Phi) is 3.35. The van der Waals surface area contributed by atoms with Crippen LogP contribution in [0.2, 0.25) is 0 Å². The number of rotatable bonds is 2. The van der Waals surface area contributed by atoms with Gasteiger partial charge in [-0.3, -0.25) is 4.99 Å². The van der Waals surface area contributed by atoms with E-state index >= 15 is 0 Å². The molecule has 0 saturated carbocycles. The van der Waals surface area contributed by atoms with Crippen LogP contribution in [0.5, 0.6) is 0 Å². The summed E-state index contributed by atoms with van der Waals surface area (Å²) < 4.78 is 35.2. The number of aliphatic imine (C=N–C) groups is 1. The minimum Gasteiger partial charge on any atom is -0.314 e. The molecular formula is C5H9F3N2. The van der Waals surface area contributed by atoms with E-state index < -0.39 is 11.9 Å². The summed E-state index contributed by atoms with van der Waals surface area (Å²) in [5.74, 6) is 0. The predicted octanol–water partition coefficient (Wildman–Crippen LogP) is 0.839. The second kappa shape index (κ2) is 3.55. The molecule has 0 fully saturated rings. The van der Waals surface area contributed by atoms with Crippen LogP contribution in [0.25, 0.3) is 0 Å². The van der Waals surface area contributed by atoms with Gasteiger partial charge in [0, 0.05) is 13.6 Å². The van der Waals surface area contributed by atoms with Crippen LogP contribution in [0.1, 0.15) is 0 Å². The molecule has 1 N–H and O–H groups in total. The third-order valence-electron chi connectivity index (χ3n) is 0.941. The van der Waals surface area contributed by atoms with Crippen LogP contribution < -0.4 is 5.32 Å². The summed E-state index contributed by atoms with van der Waals surface area (Å²) in [7, 11) is 2.57. The zero-order valence-corrected chi connectivity index (χ0v) is 5.79. The first-order valence-corrected chi connectivity index (χ1v) is 2.69. The van der Waals surface area contributed by atoms with Crippen molar-refractivity contribution >= 4 is 5.71 Å². The van der Waals surface area contributed by atoms with Crippen molar-refractivity contribution < 1.29 is 13.2 Å². The quantitative estimate of drug-likeness (QED) is 0.585. The number of hydrogen-bond donors (Lipinski definition) is 1. The number of nitrogens with one attached hydrogen (secondary N) is 1. The summed E-state index contributed by atoms with van der Waals surface area (Å²) in [6.45, 7) is -0.236. The van der Waals surface area contributed by atoms with Crippen LogP contribution in [0.4, 0.5) is 13.2 Å². The Hall–Kier alpha value is -0.580. The Balaban J connectivity index is 4.10. The maximum absolute atomic E-state index is 11.7. The van der Waals surface area contributed by atoms with Gasteiger partial charge in [-0.15, -0.1) is 0 Å². The molecule has 0 aromatic carbocycles. The molecule has 0 aliphatic heterocycles. The molecule has 0 radical (unpaired) electrons. The van der Waals surface area contributed by atoms with E-state index in [2.05, 4.69) is 10.3 Å². The van der Waals surface area contributed by atoms with Gasteiger partial charge in [-0.25, -0.2) is 0 Å². The SMILES string of the molecule is CN=C(CNC)C(F)(F)F. The van der Waals surface area contributed by atoms with Gasteiger partial charge in [0.05, 0.1) is 0 Å². The van der Waals surface area contributed by atoms with Crippen molar-refractivity contribution in [3.05, 3.63) is 0 Å². The van der Waals surface area contributed by atoms with E-state index in [4.69, 9.17) is 0 Å². The van der Waals surface area contributed by atoms with E-state index in [1.807, 2.05) is 0 Å². The van der Waals surface area contributed by atoms with Gasteiger partial charge in [0.2, 0.25) is 0 Å². The zero-order valence-electron chi connectivity index (χ0n) is 5.79. The van der Waals surface area contributed by atoms with Gasteiger partial charge in [-0.05, 0) is 7.05 Å². The Labute approximate surface area is 57.1 Å². The normalized spacial score (nSPS) is 13.9. The van der Waals surface area contributed by atoms with E-state index in [9.17, 15) is 13.2 Å². The van der Waals surface area contributed by atoms with Crippen molar-refractivity contribution in [3.8, 4) is 0 Å². The highest BCUT2D eigenvalue weighted by molar-refractivity contribution is 5.91. The molecule has 2 nitrogen and oxygen atoms in total. The highest BCUT2D eigenvalue weighted by Gasteiger charge is 2.33. The average molecular weight is 154 g/mol. The largest absolute Gasteiger partial charge is 0.430 e. The summed E-state index contributed by atoms with van der Waals surface area (Å²) in [4.78, 5) is 3.08. The topological polar surface area (TPSA) is 24.4 Å². The van der Waals surface area contributed by atoms with Gasteiger partial charge in [0.15, 0.2) is 0 Å². The van der Waals surface area contributed by atoms with Crippen molar-refractivity contribution in [2.45, 2.75) is 6.18 Å².